The molecular formula is C16H18FN3O5S. The number of carbonyl (C=O) groups is 2. The monoisotopic (exact) mass is 383 g/mol. The molecule has 2 aliphatic heterocycles. The summed E-state index contributed by atoms with van der Waals surface area (Å²) in [6.45, 7) is 0. The van der Waals surface area contributed by atoms with Crippen molar-refractivity contribution >= 4 is 33.1 Å². The summed E-state index contributed by atoms with van der Waals surface area (Å²) in [7, 11) is -1.85. The summed E-state index contributed by atoms with van der Waals surface area (Å²) >= 11 is 0. The van der Waals surface area contributed by atoms with Crippen LogP contribution < -0.4 is 10.1 Å². The lowest BCUT2D eigenvalue weighted by Gasteiger charge is -2.27. The van der Waals surface area contributed by atoms with Crippen LogP contribution in [0.15, 0.2) is 23.3 Å². The molecule has 1 aromatic carbocycles. The summed E-state index contributed by atoms with van der Waals surface area (Å²) in [6, 6.07) is 3.43. The number of halogens is 1. The van der Waals surface area contributed by atoms with Gasteiger partial charge in [0.15, 0.2) is 21.4 Å². The van der Waals surface area contributed by atoms with Crippen LogP contribution in [0.3, 0.4) is 0 Å². The highest BCUT2D eigenvalue weighted by Gasteiger charge is 2.37. The minimum absolute atomic E-state index is 0.00359. The summed E-state index contributed by atoms with van der Waals surface area (Å²) in [5.41, 5.74) is 0.327. The maximum absolute atomic E-state index is 13.7. The topological polar surface area (TPSA) is 105 Å². The van der Waals surface area contributed by atoms with Crippen LogP contribution in [0.1, 0.15) is 19.3 Å². The minimum atomic E-state index is -3.18. The molecule has 0 bridgehead atoms. The standard InChI is InChI=1S/C16H18FN3O5S/c1-25-14-4-2-10(8-12(14)17)18-16(22)13-3-5-15(21)20(19-13)11-6-7-26(23,24)9-11/h2,4,8,11H,3,5-7,9H2,1H3,(H,18,22)/t11-/m1/s1. The SMILES string of the molecule is COc1ccc(NC(=O)C2=NN([C@@H]3CCS(=O)(=O)C3)C(=O)CC2)cc1F. The van der Waals surface area contributed by atoms with Crippen molar-refractivity contribution in [2.75, 3.05) is 23.9 Å². The molecule has 0 aliphatic carbocycles. The Morgan fingerprint density at radius 3 is 2.77 bits per heavy atom. The van der Waals surface area contributed by atoms with Crippen LogP contribution >= 0.6 is 0 Å². The molecule has 2 heterocycles. The van der Waals surface area contributed by atoms with E-state index in [9.17, 15) is 22.4 Å². The van der Waals surface area contributed by atoms with Crippen LogP contribution in [0, 0.1) is 5.82 Å². The van der Waals surface area contributed by atoms with E-state index in [2.05, 4.69) is 10.4 Å². The van der Waals surface area contributed by atoms with Crippen molar-refractivity contribution < 1.29 is 27.1 Å². The van der Waals surface area contributed by atoms with E-state index in [0.29, 0.717) is 6.42 Å². The van der Waals surface area contributed by atoms with Gasteiger partial charge in [0.05, 0.1) is 24.7 Å². The van der Waals surface area contributed by atoms with Crippen LogP contribution in [-0.4, -0.2) is 55.6 Å². The van der Waals surface area contributed by atoms with Crippen LogP contribution in [0.25, 0.3) is 0 Å². The Morgan fingerprint density at radius 1 is 1.38 bits per heavy atom. The number of ether oxygens (including phenoxy) is 1. The number of anilines is 1. The molecule has 26 heavy (non-hydrogen) atoms. The van der Waals surface area contributed by atoms with Gasteiger partial charge in [-0.2, -0.15) is 5.10 Å². The predicted octanol–water partition coefficient (Wildman–Crippen LogP) is 0.938. The van der Waals surface area contributed by atoms with Crippen LogP contribution in [0.5, 0.6) is 5.75 Å². The van der Waals surface area contributed by atoms with Crippen LogP contribution in [-0.2, 0) is 19.4 Å². The van der Waals surface area contributed by atoms with E-state index in [1.807, 2.05) is 0 Å². The van der Waals surface area contributed by atoms with Gasteiger partial charge < -0.3 is 10.1 Å². The van der Waals surface area contributed by atoms with Crippen molar-refractivity contribution in [2.24, 2.45) is 5.10 Å². The Labute approximate surface area is 149 Å². The second-order valence-electron chi connectivity index (χ2n) is 6.15. The Bertz CT molecular complexity index is 884. The van der Waals surface area contributed by atoms with E-state index in [0.717, 1.165) is 11.1 Å². The second kappa shape index (κ2) is 7.02. The Kier molecular flexibility index (Phi) is 4.94. The number of rotatable bonds is 4. The molecule has 8 nitrogen and oxygen atoms in total. The fraction of sp³-hybridized carbons (Fsp3) is 0.438. The predicted molar refractivity (Wildman–Crippen MR) is 92.2 cm³/mol. The molecular weight excluding hydrogens is 365 g/mol. The molecule has 2 amide bonds. The van der Waals surface area contributed by atoms with Crippen molar-refractivity contribution in [2.45, 2.75) is 25.3 Å². The highest BCUT2D eigenvalue weighted by atomic mass is 32.2. The largest absolute Gasteiger partial charge is 0.494 e. The number of nitrogens with one attached hydrogen (secondary N) is 1. The third-order valence-electron chi connectivity index (χ3n) is 4.29. The Morgan fingerprint density at radius 2 is 2.15 bits per heavy atom. The van der Waals surface area contributed by atoms with Crippen molar-refractivity contribution in [1.29, 1.82) is 0 Å². The van der Waals surface area contributed by atoms with Gasteiger partial charge in [-0.25, -0.2) is 17.8 Å². The number of methoxy groups -OCH3 is 1. The summed E-state index contributed by atoms with van der Waals surface area (Å²) in [6.07, 6.45) is 0.509. The van der Waals surface area contributed by atoms with E-state index < -0.39 is 27.6 Å². The molecule has 10 heteroatoms. The second-order valence-corrected chi connectivity index (χ2v) is 8.37. The first-order valence-electron chi connectivity index (χ1n) is 8.04. The highest BCUT2D eigenvalue weighted by Crippen LogP contribution is 2.23. The zero-order valence-electron chi connectivity index (χ0n) is 14.1. The number of hydrogen-bond acceptors (Lipinski definition) is 6. The zero-order valence-corrected chi connectivity index (χ0v) is 14.9. The molecule has 0 aromatic heterocycles. The molecule has 1 atom stereocenters. The summed E-state index contributed by atoms with van der Waals surface area (Å²) in [5.74, 6) is -1.59. The van der Waals surface area contributed by atoms with Gasteiger partial charge in [0.25, 0.3) is 5.91 Å². The number of carbonyl (C=O) groups excluding carboxylic acids is 2. The third-order valence-corrected chi connectivity index (χ3v) is 6.04. The number of sulfone groups is 1. The zero-order chi connectivity index (χ0) is 18.9. The minimum Gasteiger partial charge on any atom is -0.494 e. The summed E-state index contributed by atoms with van der Waals surface area (Å²) in [5, 5.41) is 7.70. The smallest absolute Gasteiger partial charge is 0.271 e. The fourth-order valence-corrected chi connectivity index (χ4v) is 4.63. The normalized spacial score (nSPS) is 22.1. The maximum atomic E-state index is 13.7. The van der Waals surface area contributed by atoms with E-state index >= 15 is 0 Å². The molecule has 0 spiro atoms. The molecule has 1 fully saturated rings. The summed E-state index contributed by atoms with van der Waals surface area (Å²) < 4.78 is 41.8. The average Bonchev–Trinajstić information content (AvgIpc) is 2.95. The van der Waals surface area contributed by atoms with E-state index in [1.165, 1.54) is 19.2 Å². The first kappa shape index (κ1) is 18.3. The fourth-order valence-electron chi connectivity index (χ4n) is 2.94. The van der Waals surface area contributed by atoms with Crippen molar-refractivity contribution in [3.63, 3.8) is 0 Å². The van der Waals surface area contributed by atoms with Gasteiger partial charge in [-0.1, -0.05) is 0 Å². The molecule has 0 radical (unpaired) electrons. The van der Waals surface area contributed by atoms with Crippen molar-refractivity contribution in [1.82, 2.24) is 5.01 Å². The molecule has 3 rings (SSSR count). The van der Waals surface area contributed by atoms with Gasteiger partial charge in [-0.05, 0) is 18.6 Å². The van der Waals surface area contributed by atoms with Gasteiger partial charge >= 0.3 is 0 Å². The van der Waals surface area contributed by atoms with E-state index in [4.69, 9.17) is 4.74 Å². The van der Waals surface area contributed by atoms with Crippen molar-refractivity contribution in [3.05, 3.63) is 24.0 Å². The number of hydrogen-bond donors (Lipinski definition) is 1. The average molecular weight is 383 g/mol. The number of hydrazone groups is 1. The maximum Gasteiger partial charge on any atom is 0.271 e. The van der Waals surface area contributed by atoms with Gasteiger partial charge in [0.2, 0.25) is 5.91 Å². The molecule has 140 valence electrons. The molecule has 1 N–H and O–H groups in total. The van der Waals surface area contributed by atoms with Gasteiger partial charge in [-0.3, -0.25) is 9.59 Å². The van der Waals surface area contributed by atoms with Crippen LogP contribution in [0.2, 0.25) is 0 Å². The lowest BCUT2D eigenvalue weighted by molar-refractivity contribution is -0.133. The number of benzene rings is 1. The van der Waals surface area contributed by atoms with Gasteiger partial charge in [0, 0.05) is 24.6 Å². The molecule has 1 aromatic rings. The quantitative estimate of drug-likeness (QED) is 0.833. The Hall–Kier alpha value is -2.49. The lowest BCUT2D eigenvalue weighted by Crippen LogP contribution is -2.42. The summed E-state index contributed by atoms with van der Waals surface area (Å²) in [4.78, 5) is 24.4. The molecule has 0 unspecified atom stereocenters. The van der Waals surface area contributed by atoms with E-state index in [1.54, 1.807) is 0 Å². The highest BCUT2D eigenvalue weighted by molar-refractivity contribution is 7.91. The first-order valence-corrected chi connectivity index (χ1v) is 9.86. The van der Waals surface area contributed by atoms with Crippen molar-refractivity contribution in [3.8, 4) is 5.75 Å². The lowest BCUT2D eigenvalue weighted by atomic mass is 10.1. The third kappa shape index (κ3) is 3.85. The van der Waals surface area contributed by atoms with Crippen LogP contribution in [0.4, 0.5) is 10.1 Å². The van der Waals surface area contributed by atoms with E-state index in [-0.39, 0.29) is 47.4 Å². The Balaban J connectivity index is 1.75. The molecule has 0 saturated carbocycles. The first-order chi connectivity index (χ1) is 12.3. The number of amides is 2. The molecule has 2 aliphatic rings. The molecule has 1 saturated heterocycles. The number of nitrogens with zero attached hydrogens (tertiary/aromatic N) is 2. The van der Waals surface area contributed by atoms with Gasteiger partial charge in [0.1, 0.15) is 5.71 Å². The van der Waals surface area contributed by atoms with Gasteiger partial charge in [-0.15, -0.1) is 0 Å².